The molecule has 0 radical (unpaired) electrons. The summed E-state index contributed by atoms with van der Waals surface area (Å²) < 4.78 is 0. The molecule has 82 valence electrons. The summed E-state index contributed by atoms with van der Waals surface area (Å²) in [5.74, 6) is 0. The van der Waals surface area contributed by atoms with E-state index in [4.69, 9.17) is 0 Å². The highest BCUT2D eigenvalue weighted by atomic mass is 15.0. The highest BCUT2D eigenvalue weighted by Gasteiger charge is 2.24. The second kappa shape index (κ2) is 4.80. The molecule has 0 saturated heterocycles. The third-order valence-corrected chi connectivity index (χ3v) is 3.21. The summed E-state index contributed by atoms with van der Waals surface area (Å²) in [7, 11) is 0. The minimum absolute atomic E-state index is 0.559. The molecule has 0 amide bonds. The number of benzene rings is 1. The van der Waals surface area contributed by atoms with Crippen LogP contribution in [0.2, 0.25) is 0 Å². The predicted octanol–water partition coefficient (Wildman–Crippen LogP) is 3.45. The lowest BCUT2D eigenvalue weighted by Gasteiger charge is -2.17. The maximum Gasteiger partial charge on any atom is 0.0320 e. The van der Waals surface area contributed by atoms with Crippen molar-refractivity contribution in [1.29, 1.82) is 0 Å². The number of aryl methyl sites for hydroxylation is 1. The monoisotopic (exact) mass is 203 g/mol. The minimum Gasteiger partial charge on any atom is -0.307 e. The second-order valence-electron chi connectivity index (χ2n) is 4.50. The van der Waals surface area contributed by atoms with Crippen molar-refractivity contribution in [3.8, 4) is 0 Å². The van der Waals surface area contributed by atoms with E-state index in [0.717, 1.165) is 12.5 Å². The van der Waals surface area contributed by atoms with Gasteiger partial charge in [0.2, 0.25) is 0 Å². The van der Waals surface area contributed by atoms with Gasteiger partial charge in [0.25, 0.3) is 0 Å². The molecule has 1 saturated carbocycles. The summed E-state index contributed by atoms with van der Waals surface area (Å²) in [6, 6.07) is 10.4. The molecule has 1 aliphatic rings. The predicted molar refractivity (Wildman–Crippen MR) is 65.0 cm³/mol. The van der Waals surface area contributed by atoms with Crippen molar-refractivity contribution in [1.82, 2.24) is 5.32 Å². The molecule has 1 N–H and O–H groups in total. The molecule has 0 spiro atoms. The molecule has 1 fully saturated rings. The molecular weight excluding hydrogens is 182 g/mol. The van der Waals surface area contributed by atoms with Gasteiger partial charge in [0.1, 0.15) is 0 Å². The highest BCUT2D eigenvalue weighted by Crippen LogP contribution is 2.26. The van der Waals surface area contributed by atoms with E-state index in [-0.39, 0.29) is 0 Å². The molecule has 0 bridgehead atoms. The zero-order chi connectivity index (χ0) is 10.7. The Morgan fingerprint density at radius 1 is 1.20 bits per heavy atom. The first-order valence-corrected chi connectivity index (χ1v) is 6.18. The topological polar surface area (TPSA) is 12.0 Å². The van der Waals surface area contributed by atoms with Crippen LogP contribution >= 0.6 is 0 Å². The summed E-state index contributed by atoms with van der Waals surface area (Å²) in [4.78, 5) is 0. The lowest BCUT2D eigenvalue weighted by atomic mass is 10.0. The van der Waals surface area contributed by atoms with Crippen molar-refractivity contribution in [3.05, 3.63) is 35.4 Å². The van der Waals surface area contributed by atoms with Gasteiger partial charge in [0.05, 0.1) is 0 Å². The van der Waals surface area contributed by atoms with Gasteiger partial charge in [-0.3, -0.25) is 0 Å². The third-order valence-electron chi connectivity index (χ3n) is 3.21. The highest BCUT2D eigenvalue weighted by molar-refractivity contribution is 5.25. The number of hydrogen-bond donors (Lipinski definition) is 1. The van der Waals surface area contributed by atoms with Gasteiger partial charge in [0, 0.05) is 12.1 Å². The smallest absolute Gasteiger partial charge is 0.0320 e. The van der Waals surface area contributed by atoms with Crippen molar-refractivity contribution in [2.24, 2.45) is 0 Å². The first-order valence-electron chi connectivity index (χ1n) is 6.18. The maximum atomic E-state index is 3.69. The molecule has 2 rings (SSSR count). The zero-order valence-electron chi connectivity index (χ0n) is 9.79. The van der Waals surface area contributed by atoms with Gasteiger partial charge in [-0.05, 0) is 36.8 Å². The normalized spacial score (nSPS) is 17.7. The van der Waals surface area contributed by atoms with Crippen LogP contribution in [0.4, 0.5) is 0 Å². The molecular formula is C14H21N. The first-order chi connectivity index (χ1) is 7.33. The molecule has 1 nitrogen and oxygen atoms in total. The third kappa shape index (κ3) is 2.82. The van der Waals surface area contributed by atoms with Crippen molar-refractivity contribution < 1.29 is 0 Å². The minimum atomic E-state index is 0.559. The summed E-state index contributed by atoms with van der Waals surface area (Å²) in [5.41, 5.74) is 2.88. The van der Waals surface area contributed by atoms with Crippen LogP contribution in [0.1, 0.15) is 50.3 Å². The Labute approximate surface area is 92.9 Å². The Bertz CT molecular complexity index is 298. The van der Waals surface area contributed by atoms with Crippen LogP contribution in [0.5, 0.6) is 0 Å². The first kappa shape index (κ1) is 10.7. The van der Waals surface area contributed by atoms with Crippen LogP contribution in [-0.4, -0.2) is 6.04 Å². The van der Waals surface area contributed by atoms with Crippen molar-refractivity contribution in [3.63, 3.8) is 0 Å². The molecule has 1 heteroatoms. The molecule has 1 aromatic carbocycles. The average Bonchev–Trinajstić information content (AvgIpc) is 3.10. The van der Waals surface area contributed by atoms with Crippen LogP contribution in [0, 0.1) is 0 Å². The van der Waals surface area contributed by atoms with Gasteiger partial charge in [-0.25, -0.2) is 0 Å². The Balaban J connectivity index is 2.03. The molecule has 1 aliphatic carbocycles. The fourth-order valence-electron chi connectivity index (χ4n) is 1.97. The fraction of sp³-hybridized carbons (Fsp3) is 0.571. The zero-order valence-corrected chi connectivity index (χ0v) is 9.79. The van der Waals surface area contributed by atoms with E-state index in [0.29, 0.717) is 6.04 Å². The van der Waals surface area contributed by atoms with Crippen LogP contribution in [-0.2, 0) is 6.42 Å². The molecule has 0 heterocycles. The number of nitrogens with one attached hydrogen (secondary N) is 1. The lowest BCUT2D eigenvalue weighted by molar-refractivity contribution is 0.516. The van der Waals surface area contributed by atoms with Crippen molar-refractivity contribution in [2.75, 3.05) is 0 Å². The van der Waals surface area contributed by atoms with Gasteiger partial charge in [-0.1, -0.05) is 38.1 Å². The van der Waals surface area contributed by atoms with Crippen LogP contribution < -0.4 is 5.32 Å². The van der Waals surface area contributed by atoms with E-state index in [9.17, 15) is 0 Å². The van der Waals surface area contributed by atoms with E-state index in [2.05, 4.69) is 43.4 Å². The summed E-state index contributed by atoms with van der Waals surface area (Å²) >= 11 is 0. The molecule has 1 aromatic rings. The summed E-state index contributed by atoms with van der Waals surface area (Å²) in [6.07, 6.45) is 5.04. The van der Waals surface area contributed by atoms with E-state index < -0.39 is 0 Å². The Hall–Kier alpha value is -0.820. The second-order valence-corrected chi connectivity index (χ2v) is 4.50. The average molecular weight is 203 g/mol. The molecule has 0 aromatic heterocycles. The van der Waals surface area contributed by atoms with E-state index >= 15 is 0 Å². The van der Waals surface area contributed by atoms with E-state index in [1.54, 1.807) is 0 Å². The lowest BCUT2D eigenvalue weighted by Crippen LogP contribution is -2.22. The van der Waals surface area contributed by atoms with Crippen molar-refractivity contribution in [2.45, 2.75) is 51.6 Å². The number of hydrogen-bond acceptors (Lipinski definition) is 1. The van der Waals surface area contributed by atoms with Crippen molar-refractivity contribution >= 4 is 0 Å². The SMILES string of the molecule is CCc1ccc(C(CC)NC2CC2)cc1. The molecule has 1 atom stereocenters. The Kier molecular flexibility index (Phi) is 3.42. The Morgan fingerprint density at radius 3 is 2.33 bits per heavy atom. The molecule has 15 heavy (non-hydrogen) atoms. The molecule has 0 aliphatic heterocycles. The fourth-order valence-corrected chi connectivity index (χ4v) is 1.97. The van der Waals surface area contributed by atoms with E-state index in [1.807, 2.05) is 0 Å². The van der Waals surface area contributed by atoms with Gasteiger partial charge in [-0.2, -0.15) is 0 Å². The van der Waals surface area contributed by atoms with Gasteiger partial charge < -0.3 is 5.32 Å². The summed E-state index contributed by atoms with van der Waals surface area (Å²) in [6.45, 7) is 4.46. The standard InChI is InChI=1S/C14H21N/c1-3-11-5-7-12(8-6-11)14(4-2)15-13-9-10-13/h5-8,13-15H,3-4,9-10H2,1-2H3. The van der Waals surface area contributed by atoms with Gasteiger partial charge >= 0.3 is 0 Å². The maximum absolute atomic E-state index is 3.69. The van der Waals surface area contributed by atoms with Crippen LogP contribution in [0.25, 0.3) is 0 Å². The van der Waals surface area contributed by atoms with E-state index in [1.165, 1.54) is 30.4 Å². The van der Waals surface area contributed by atoms with Crippen LogP contribution in [0.3, 0.4) is 0 Å². The van der Waals surface area contributed by atoms with Gasteiger partial charge in [0.15, 0.2) is 0 Å². The quantitative estimate of drug-likeness (QED) is 0.773. The largest absolute Gasteiger partial charge is 0.307 e. The van der Waals surface area contributed by atoms with Crippen LogP contribution in [0.15, 0.2) is 24.3 Å². The summed E-state index contributed by atoms with van der Waals surface area (Å²) in [5, 5.41) is 3.69. The Morgan fingerprint density at radius 2 is 1.87 bits per heavy atom. The molecule has 1 unspecified atom stereocenters. The number of rotatable bonds is 5. The van der Waals surface area contributed by atoms with Gasteiger partial charge in [-0.15, -0.1) is 0 Å².